The van der Waals surface area contributed by atoms with Crippen LogP contribution < -0.4 is 10.6 Å². The van der Waals surface area contributed by atoms with Crippen LogP contribution in [0, 0.1) is 0 Å². The third-order valence-corrected chi connectivity index (χ3v) is 3.68. The number of aromatic nitrogens is 3. The van der Waals surface area contributed by atoms with Gasteiger partial charge in [0.1, 0.15) is 12.1 Å². The lowest BCUT2D eigenvalue weighted by atomic mass is 9.92. The zero-order chi connectivity index (χ0) is 13.5. The lowest BCUT2D eigenvalue weighted by Gasteiger charge is -2.27. The summed E-state index contributed by atoms with van der Waals surface area (Å²) in [7, 11) is 0. The fourth-order valence-corrected chi connectivity index (χ4v) is 2.88. The summed E-state index contributed by atoms with van der Waals surface area (Å²) in [6.07, 6.45) is 8.87. The van der Waals surface area contributed by atoms with Gasteiger partial charge in [-0.15, -0.1) is 0 Å². The molecule has 4 rings (SSSR count). The van der Waals surface area contributed by atoms with Gasteiger partial charge in [-0.25, -0.2) is 19.9 Å². The van der Waals surface area contributed by atoms with E-state index in [1.165, 1.54) is 0 Å². The molecular formula is C14H12N6. The molecule has 6 nitrogen and oxygen atoms in total. The van der Waals surface area contributed by atoms with Gasteiger partial charge in [-0.2, -0.15) is 0 Å². The monoisotopic (exact) mass is 264 g/mol. The number of anilines is 1. The number of hydrogen-bond acceptors (Lipinski definition) is 6. The molecule has 2 aliphatic rings. The standard InChI is InChI=1S/C14H12N6/c15-14-18-7-4-11-12(10-3-6-16-8-19-10)9-2-1-5-17-13(9)20(11)14/h1-8,11-12H,(H2,15,18). The van der Waals surface area contributed by atoms with E-state index in [0.29, 0.717) is 5.96 Å². The van der Waals surface area contributed by atoms with Crippen LogP contribution in [0.3, 0.4) is 0 Å². The minimum absolute atomic E-state index is 0.0623. The van der Waals surface area contributed by atoms with E-state index in [4.69, 9.17) is 5.73 Å². The highest BCUT2D eigenvalue weighted by atomic mass is 15.3. The van der Waals surface area contributed by atoms with E-state index in [0.717, 1.165) is 17.1 Å². The Bertz CT molecular complexity index is 709. The molecule has 2 aliphatic heterocycles. The highest BCUT2D eigenvalue weighted by Crippen LogP contribution is 2.43. The zero-order valence-electron chi connectivity index (χ0n) is 10.6. The number of nitrogens with zero attached hydrogens (tertiary/aromatic N) is 5. The van der Waals surface area contributed by atoms with Crippen molar-refractivity contribution in [2.45, 2.75) is 12.0 Å². The molecule has 2 unspecified atom stereocenters. The topological polar surface area (TPSA) is 80.3 Å². The summed E-state index contributed by atoms with van der Waals surface area (Å²) in [5, 5.41) is 0. The molecule has 0 saturated heterocycles. The predicted octanol–water partition coefficient (Wildman–Crippen LogP) is 1.03. The molecule has 0 saturated carbocycles. The summed E-state index contributed by atoms with van der Waals surface area (Å²) >= 11 is 0. The van der Waals surface area contributed by atoms with Gasteiger partial charge in [0.15, 0.2) is 0 Å². The molecule has 2 N–H and O–H groups in total. The van der Waals surface area contributed by atoms with Crippen molar-refractivity contribution in [1.29, 1.82) is 0 Å². The van der Waals surface area contributed by atoms with Gasteiger partial charge in [-0.3, -0.25) is 4.90 Å². The van der Waals surface area contributed by atoms with Crippen molar-refractivity contribution in [3.8, 4) is 0 Å². The number of nitrogens with two attached hydrogens (primary N) is 1. The first-order chi connectivity index (χ1) is 9.86. The van der Waals surface area contributed by atoms with Crippen LogP contribution in [0.4, 0.5) is 5.82 Å². The number of guanidine groups is 1. The Kier molecular flexibility index (Phi) is 2.29. The Balaban J connectivity index is 1.92. The first-order valence-corrected chi connectivity index (χ1v) is 6.36. The van der Waals surface area contributed by atoms with Crippen LogP contribution >= 0.6 is 0 Å². The maximum absolute atomic E-state index is 6.03. The largest absolute Gasteiger partial charge is 0.369 e. The van der Waals surface area contributed by atoms with E-state index in [-0.39, 0.29) is 12.0 Å². The van der Waals surface area contributed by atoms with Gasteiger partial charge in [0.05, 0.1) is 17.7 Å². The minimum Gasteiger partial charge on any atom is -0.369 e. The quantitative estimate of drug-likeness (QED) is 0.832. The summed E-state index contributed by atoms with van der Waals surface area (Å²) in [5.41, 5.74) is 8.10. The fraction of sp³-hybridized carbons (Fsp3) is 0.143. The van der Waals surface area contributed by atoms with Crippen LogP contribution in [0.25, 0.3) is 0 Å². The Hall–Kier alpha value is -2.76. The minimum atomic E-state index is 0.0623. The third kappa shape index (κ3) is 1.45. The second-order valence-corrected chi connectivity index (χ2v) is 4.72. The number of hydrogen-bond donors (Lipinski definition) is 1. The van der Waals surface area contributed by atoms with Crippen molar-refractivity contribution in [1.82, 2.24) is 15.0 Å². The summed E-state index contributed by atoms with van der Waals surface area (Å²) in [6, 6.07) is 5.99. The average Bonchev–Trinajstić information content (AvgIpc) is 2.84. The van der Waals surface area contributed by atoms with Gasteiger partial charge < -0.3 is 5.73 Å². The number of fused-ring (bicyclic) bond motifs is 3. The van der Waals surface area contributed by atoms with E-state index in [2.05, 4.69) is 26.0 Å². The summed E-state index contributed by atoms with van der Waals surface area (Å²) in [5.74, 6) is 1.41. The van der Waals surface area contributed by atoms with Crippen LogP contribution in [0.2, 0.25) is 0 Å². The van der Waals surface area contributed by atoms with Crippen molar-refractivity contribution in [2.24, 2.45) is 10.7 Å². The maximum atomic E-state index is 6.03. The first-order valence-electron chi connectivity index (χ1n) is 6.36. The molecule has 0 amide bonds. The van der Waals surface area contributed by atoms with Crippen molar-refractivity contribution in [2.75, 3.05) is 4.90 Å². The summed E-state index contributed by atoms with van der Waals surface area (Å²) < 4.78 is 0. The Morgan fingerprint density at radius 1 is 1.15 bits per heavy atom. The van der Waals surface area contributed by atoms with Crippen molar-refractivity contribution in [3.05, 3.63) is 60.5 Å². The molecule has 2 aromatic rings. The van der Waals surface area contributed by atoms with Crippen LogP contribution in [0.5, 0.6) is 0 Å². The molecule has 98 valence electrons. The van der Waals surface area contributed by atoms with E-state index in [1.54, 1.807) is 24.9 Å². The molecule has 6 heteroatoms. The molecule has 0 aliphatic carbocycles. The molecule has 0 bridgehead atoms. The van der Waals surface area contributed by atoms with E-state index in [9.17, 15) is 0 Å². The van der Waals surface area contributed by atoms with Crippen LogP contribution in [0.15, 0.2) is 54.2 Å². The molecule has 0 radical (unpaired) electrons. The Morgan fingerprint density at radius 2 is 2.10 bits per heavy atom. The number of aliphatic imine (C=N–C) groups is 1. The average molecular weight is 264 g/mol. The van der Waals surface area contributed by atoms with Crippen LogP contribution in [-0.4, -0.2) is 27.0 Å². The van der Waals surface area contributed by atoms with Gasteiger partial charge in [0.25, 0.3) is 0 Å². The summed E-state index contributed by atoms with van der Waals surface area (Å²) in [4.78, 5) is 19.0. The smallest absolute Gasteiger partial charge is 0.202 e. The molecule has 2 aromatic heterocycles. The Morgan fingerprint density at radius 3 is 2.95 bits per heavy atom. The van der Waals surface area contributed by atoms with Gasteiger partial charge in [-0.1, -0.05) is 6.07 Å². The fourth-order valence-electron chi connectivity index (χ4n) is 2.88. The van der Waals surface area contributed by atoms with Gasteiger partial charge in [-0.05, 0) is 18.2 Å². The lowest BCUT2D eigenvalue weighted by Crippen LogP contribution is -2.44. The number of pyridine rings is 1. The predicted molar refractivity (Wildman–Crippen MR) is 75.1 cm³/mol. The van der Waals surface area contributed by atoms with Gasteiger partial charge in [0, 0.05) is 24.2 Å². The maximum Gasteiger partial charge on any atom is 0.202 e. The molecule has 0 aromatic carbocycles. The normalized spacial score (nSPS) is 23.2. The molecule has 0 fully saturated rings. The van der Waals surface area contributed by atoms with E-state index >= 15 is 0 Å². The molecule has 0 spiro atoms. The van der Waals surface area contributed by atoms with Crippen LogP contribution in [0.1, 0.15) is 17.2 Å². The third-order valence-electron chi connectivity index (χ3n) is 3.68. The van der Waals surface area contributed by atoms with Gasteiger partial charge >= 0.3 is 0 Å². The van der Waals surface area contributed by atoms with Gasteiger partial charge in [0.2, 0.25) is 5.96 Å². The van der Waals surface area contributed by atoms with E-state index in [1.807, 2.05) is 23.1 Å². The second-order valence-electron chi connectivity index (χ2n) is 4.72. The van der Waals surface area contributed by atoms with Crippen molar-refractivity contribution >= 4 is 11.8 Å². The molecular weight excluding hydrogens is 252 g/mol. The lowest BCUT2D eigenvalue weighted by molar-refractivity contribution is 0.707. The van der Waals surface area contributed by atoms with E-state index < -0.39 is 0 Å². The highest BCUT2D eigenvalue weighted by molar-refractivity contribution is 5.98. The van der Waals surface area contributed by atoms with Crippen molar-refractivity contribution in [3.63, 3.8) is 0 Å². The second kappa shape index (κ2) is 4.12. The summed E-state index contributed by atoms with van der Waals surface area (Å²) in [6.45, 7) is 0. The number of rotatable bonds is 1. The highest BCUT2D eigenvalue weighted by Gasteiger charge is 2.42. The SMILES string of the molecule is NC1=NC=CC2C(c3ccncn3)c3cccnc3N12. The first kappa shape index (κ1) is 11.1. The molecule has 4 heterocycles. The van der Waals surface area contributed by atoms with Crippen LogP contribution in [-0.2, 0) is 0 Å². The molecule has 2 atom stereocenters. The Labute approximate surface area is 115 Å². The zero-order valence-corrected chi connectivity index (χ0v) is 10.6. The van der Waals surface area contributed by atoms with Crippen molar-refractivity contribution < 1.29 is 0 Å². The molecule has 20 heavy (non-hydrogen) atoms.